The first kappa shape index (κ1) is 26.3. The molecule has 1 fully saturated rings. The zero-order chi connectivity index (χ0) is 25.7. The van der Waals surface area contributed by atoms with Gasteiger partial charge in [-0.05, 0) is 50.6 Å². The third-order valence-electron chi connectivity index (χ3n) is 6.64. The molecule has 1 N–H and O–H groups in total. The Balaban J connectivity index is 1.45. The molecule has 0 bridgehead atoms. The van der Waals surface area contributed by atoms with Crippen LogP contribution < -0.4 is 10.1 Å². The number of hydrogen-bond donors (Lipinski definition) is 1. The van der Waals surface area contributed by atoms with Crippen molar-refractivity contribution in [3.05, 3.63) is 59.2 Å². The maximum Gasteiger partial charge on any atom is 0.416 e. The van der Waals surface area contributed by atoms with Crippen molar-refractivity contribution < 1.29 is 22.7 Å². The molecule has 2 aromatic rings. The molecule has 4 rings (SSSR count). The molecule has 0 unspecified atom stereocenters. The van der Waals surface area contributed by atoms with Crippen molar-refractivity contribution in [3.8, 4) is 5.75 Å². The van der Waals surface area contributed by atoms with Crippen LogP contribution in [0.2, 0.25) is 0 Å². The van der Waals surface area contributed by atoms with E-state index in [0.29, 0.717) is 19.7 Å². The smallest absolute Gasteiger partial charge is 0.416 e. The van der Waals surface area contributed by atoms with E-state index in [4.69, 9.17) is 4.74 Å². The molecule has 6 nitrogen and oxygen atoms in total. The second-order valence-corrected chi connectivity index (χ2v) is 9.95. The Labute approximate surface area is 211 Å². The van der Waals surface area contributed by atoms with E-state index in [2.05, 4.69) is 10.2 Å². The maximum atomic E-state index is 13.5. The van der Waals surface area contributed by atoms with E-state index in [9.17, 15) is 18.0 Å². The van der Waals surface area contributed by atoms with Gasteiger partial charge in [-0.25, -0.2) is 0 Å². The number of amides is 1. The van der Waals surface area contributed by atoms with Gasteiger partial charge in [0.05, 0.1) is 17.8 Å². The number of hydrogen-bond acceptors (Lipinski definition) is 5. The van der Waals surface area contributed by atoms with Gasteiger partial charge in [0, 0.05) is 44.8 Å². The van der Waals surface area contributed by atoms with Crippen LogP contribution in [0.4, 0.5) is 18.9 Å². The van der Waals surface area contributed by atoms with E-state index in [1.54, 1.807) is 6.07 Å². The molecule has 1 heterocycles. The highest BCUT2D eigenvalue weighted by Gasteiger charge is 2.33. The lowest BCUT2D eigenvalue weighted by Crippen LogP contribution is -2.39. The Bertz CT molecular complexity index is 1040. The van der Waals surface area contributed by atoms with Crippen molar-refractivity contribution in [2.24, 2.45) is 5.92 Å². The van der Waals surface area contributed by atoms with Crippen LogP contribution >= 0.6 is 0 Å². The molecule has 196 valence electrons. The van der Waals surface area contributed by atoms with E-state index < -0.39 is 11.7 Å². The summed E-state index contributed by atoms with van der Waals surface area (Å²) >= 11 is 0. The van der Waals surface area contributed by atoms with E-state index in [1.807, 2.05) is 37.2 Å². The number of carbonyl (C=O) groups excluding carboxylic acids is 1. The minimum Gasteiger partial charge on any atom is -0.490 e. The monoisotopic (exact) mass is 504 g/mol. The molecule has 0 saturated heterocycles. The third-order valence-corrected chi connectivity index (χ3v) is 6.64. The fourth-order valence-corrected chi connectivity index (χ4v) is 4.47. The van der Waals surface area contributed by atoms with Crippen LogP contribution in [0, 0.1) is 5.92 Å². The summed E-state index contributed by atoms with van der Waals surface area (Å²) in [6.07, 6.45) is -1.88. The number of likely N-dealkylation sites (N-methyl/N-ethyl adjacent to an activating group) is 1. The van der Waals surface area contributed by atoms with Gasteiger partial charge in [0.1, 0.15) is 12.4 Å². The first-order valence-corrected chi connectivity index (χ1v) is 12.5. The maximum absolute atomic E-state index is 13.5. The van der Waals surface area contributed by atoms with Crippen LogP contribution in [0.25, 0.3) is 0 Å². The number of para-hydroxylation sites is 1. The van der Waals surface area contributed by atoms with E-state index >= 15 is 0 Å². The lowest BCUT2D eigenvalue weighted by atomic mass is 10.1. The van der Waals surface area contributed by atoms with Crippen LogP contribution in [0.5, 0.6) is 5.75 Å². The predicted molar refractivity (Wildman–Crippen MR) is 134 cm³/mol. The standard InChI is InChI=1S/C27H35F3N4O2/c1-32(2)12-13-34(19-21-6-3-4-8-23(21)27(28,29)30)25(35)16-31-24-9-5-7-22-18-33(17-20-10-11-20)14-15-36-26(22)24/h3-9,20,31H,10-19H2,1-2H3. The van der Waals surface area contributed by atoms with Crippen LogP contribution in [-0.2, 0) is 24.1 Å². The molecule has 1 aliphatic carbocycles. The first-order valence-electron chi connectivity index (χ1n) is 12.5. The summed E-state index contributed by atoms with van der Waals surface area (Å²) in [5, 5.41) is 3.20. The van der Waals surface area contributed by atoms with Gasteiger partial charge in [0.25, 0.3) is 0 Å². The Kier molecular flexibility index (Phi) is 8.41. The molecule has 0 spiro atoms. The average Bonchev–Trinajstić information content (AvgIpc) is 3.66. The molecule has 0 aromatic heterocycles. The fourth-order valence-electron chi connectivity index (χ4n) is 4.47. The molecule has 1 aliphatic heterocycles. The number of benzene rings is 2. The Morgan fingerprint density at radius 3 is 2.61 bits per heavy atom. The minimum absolute atomic E-state index is 0.0345. The van der Waals surface area contributed by atoms with Crippen LogP contribution in [0.1, 0.15) is 29.5 Å². The van der Waals surface area contributed by atoms with Gasteiger partial charge in [-0.3, -0.25) is 9.69 Å². The summed E-state index contributed by atoms with van der Waals surface area (Å²) in [6, 6.07) is 11.3. The van der Waals surface area contributed by atoms with Gasteiger partial charge in [0.2, 0.25) is 5.91 Å². The topological polar surface area (TPSA) is 48.1 Å². The van der Waals surface area contributed by atoms with Gasteiger partial charge in [0.15, 0.2) is 0 Å². The second kappa shape index (κ2) is 11.5. The highest BCUT2D eigenvalue weighted by Crippen LogP contribution is 2.35. The zero-order valence-corrected chi connectivity index (χ0v) is 21.0. The van der Waals surface area contributed by atoms with Crippen molar-refractivity contribution in [2.75, 3.05) is 58.7 Å². The van der Waals surface area contributed by atoms with E-state index in [0.717, 1.165) is 48.6 Å². The summed E-state index contributed by atoms with van der Waals surface area (Å²) in [4.78, 5) is 19.0. The van der Waals surface area contributed by atoms with Crippen LogP contribution in [-0.4, -0.2) is 74.0 Å². The van der Waals surface area contributed by atoms with Gasteiger partial charge < -0.3 is 19.9 Å². The summed E-state index contributed by atoms with van der Waals surface area (Å²) in [6.45, 7) is 4.05. The molecule has 36 heavy (non-hydrogen) atoms. The number of anilines is 1. The molecule has 1 saturated carbocycles. The van der Waals surface area contributed by atoms with E-state index in [-0.39, 0.29) is 24.6 Å². The molecule has 1 amide bonds. The number of carbonyl (C=O) groups is 1. The van der Waals surface area contributed by atoms with Crippen molar-refractivity contribution in [1.82, 2.24) is 14.7 Å². The van der Waals surface area contributed by atoms with Gasteiger partial charge in [-0.2, -0.15) is 13.2 Å². The third kappa shape index (κ3) is 7.13. The number of halogens is 3. The van der Waals surface area contributed by atoms with Crippen molar-refractivity contribution in [3.63, 3.8) is 0 Å². The van der Waals surface area contributed by atoms with Crippen LogP contribution in [0.3, 0.4) is 0 Å². The average molecular weight is 505 g/mol. The fraction of sp³-hybridized carbons (Fsp3) is 0.519. The molecule has 2 aromatic carbocycles. The Hall–Kier alpha value is -2.78. The molecule has 0 atom stereocenters. The van der Waals surface area contributed by atoms with Crippen molar-refractivity contribution in [2.45, 2.75) is 32.1 Å². The number of nitrogens with one attached hydrogen (secondary N) is 1. The number of rotatable bonds is 10. The number of alkyl halides is 3. The van der Waals surface area contributed by atoms with E-state index in [1.165, 1.54) is 29.9 Å². The molecule has 0 radical (unpaired) electrons. The highest BCUT2D eigenvalue weighted by atomic mass is 19.4. The lowest BCUT2D eigenvalue weighted by Gasteiger charge is -2.26. The molecule has 9 heteroatoms. The van der Waals surface area contributed by atoms with Gasteiger partial charge in [-0.1, -0.05) is 30.3 Å². The van der Waals surface area contributed by atoms with Crippen LogP contribution in [0.15, 0.2) is 42.5 Å². The van der Waals surface area contributed by atoms with Gasteiger partial charge >= 0.3 is 6.18 Å². The summed E-state index contributed by atoms with van der Waals surface area (Å²) in [5.74, 6) is 1.28. The van der Waals surface area contributed by atoms with Crippen molar-refractivity contribution in [1.29, 1.82) is 0 Å². The highest BCUT2D eigenvalue weighted by molar-refractivity contribution is 5.81. The predicted octanol–water partition coefficient (Wildman–Crippen LogP) is 4.31. The second-order valence-electron chi connectivity index (χ2n) is 9.95. The number of fused-ring (bicyclic) bond motifs is 1. The molecule has 2 aliphatic rings. The normalized spacial score (nSPS) is 16.3. The zero-order valence-electron chi connectivity index (χ0n) is 21.0. The summed E-state index contributed by atoms with van der Waals surface area (Å²) in [7, 11) is 3.74. The Morgan fingerprint density at radius 2 is 1.89 bits per heavy atom. The number of ether oxygens (including phenoxy) is 1. The molecular formula is C27H35F3N4O2. The minimum atomic E-state index is -4.47. The summed E-state index contributed by atoms with van der Waals surface area (Å²) < 4.78 is 46.7. The largest absolute Gasteiger partial charge is 0.490 e. The molecular weight excluding hydrogens is 469 g/mol. The van der Waals surface area contributed by atoms with Crippen molar-refractivity contribution >= 4 is 11.6 Å². The lowest BCUT2D eigenvalue weighted by molar-refractivity contribution is -0.139. The quantitative estimate of drug-likeness (QED) is 0.523. The number of nitrogens with zero attached hydrogens (tertiary/aromatic N) is 3. The first-order chi connectivity index (χ1) is 17.2. The summed E-state index contributed by atoms with van der Waals surface area (Å²) in [5.41, 5.74) is 1.19. The van der Waals surface area contributed by atoms with Gasteiger partial charge in [-0.15, -0.1) is 0 Å². The Morgan fingerprint density at radius 1 is 1.11 bits per heavy atom. The SMILES string of the molecule is CN(C)CCN(Cc1ccccc1C(F)(F)F)C(=O)CNc1cccc2c1OCCN(CC1CC1)C2.